The van der Waals surface area contributed by atoms with Crippen molar-refractivity contribution >= 4 is 23.4 Å². The lowest BCUT2D eigenvalue weighted by molar-refractivity contribution is 0.0953. The smallest absolute Gasteiger partial charge is 0.251 e. The van der Waals surface area contributed by atoms with Crippen LogP contribution in [0.4, 0.5) is 5.69 Å². The summed E-state index contributed by atoms with van der Waals surface area (Å²) in [5, 5.41) is 3.45. The van der Waals surface area contributed by atoms with E-state index < -0.39 is 0 Å². The maximum Gasteiger partial charge on any atom is 0.251 e. The third-order valence-electron chi connectivity index (χ3n) is 2.39. The second-order valence-electron chi connectivity index (χ2n) is 3.72. The summed E-state index contributed by atoms with van der Waals surface area (Å²) in [6, 6.07) is 7.01. The fraction of sp³-hybridized carbons (Fsp3) is 0.417. The predicted molar refractivity (Wildman–Crippen MR) is 70.8 cm³/mol. The van der Waals surface area contributed by atoms with Crippen LogP contribution in [0.25, 0.3) is 0 Å². The van der Waals surface area contributed by atoms with Crippen LogP contribution in [0.1, 0.15) is 23.7 Å². The van der Waals surface area contributed by atoms with Gasteiger partial charge in [-0.15, -0.1) is 0 Å². The Bertz CT molecular complexity index is 355. The van der Waals surface area contributed by atoms with Gasteiger partial charge in [0.1, 0.15) is 0 Å². The normalized spacial score (nSPS) is 12.1. The second-order valence-corrected chi connectivity index (χ2v) is 4.99. The number of nitrogens with two attached hydrogens (primary N) is 1. The standard InChI is InChI=1S/C12H18N2OS/c1-9(16-2)6-7-14-12(15)10-4-3-5-11(13)8-10/h3-5,8-9H,6-7,13H2,1-2H3,(H,14,15). The van der Waals surface area contributed by atoms with E-state index in [0.717, 1.165) is 6.42 Å². The Balaban J connectivity index is 2.41. The van der Waals surface area contributed by atoms with Gasteiger partial charge in [-0.3, -0.25) is 4.79 Å². The van der Waals surface area contributed by atoms with Crippen molar-refractivity contribution in [1.82, 2.24) is 5.32 Å². The first kappa shape index (κ1) is 12.9. The van der Waals surface area contributed by atoms with Gasteiger partial charge < -0.3 is 11.1 Å². The number of nitrogens with one attached hydrogen (secondary N) is 1. The van der Waals surface area contributed by atoms with E-state index in [1.54, 1.807) is 36.0 Å². The molecule has 1 unspecified atom stereocenters. The van der Waals surface area contributed by atoms with Crippen molar-refractivity contribution in [3.8, 4) is 0 Å². The highest BCUT2D eigenvalue weighted by atomic mass is 32.2. The number of benzene rings is 1. The molecular formula is C12H18N2OS. The van der Waals surface area contributed by atoms with Gasteiger partial charge in [-0.25, -0.2) is 0 Å². The number of hydrogen-bond donors (Lipinski definition) is 2. The first-order chi connectivity index (χ1) is 7.63. The first-order valence-electron chi connectivity index (χ1n) is 5.30. The van der Waals surface area contributed by atoms with Crippen LogP contribution in [-0.4, -0.2) is 24.0 Å². The van der Waals surface area contributed by atoms with Crippen LogP contribution in [0, 0.1) is 0 Å². The van der Waals surface area contributed by atoms with E-state index >= 15 is 0 Å². The molecule has 0 radical (unpaired) electrons. The Morgan fingerprint density at radius 1 is 1.56 bits per heavy atom. The van der Waals surface area contributed by atoms with Gasteiger partial charge in [0.25, 0.3) is 5.91 Å². The van der Waals surface area contributed by atoms with Crippen molar-refractivity contribution in [2.75, 3.05) is 18.5 Å². The third kappa shape index (κ3) is 4.14. The number of amides is 1. The van der Waals surface area contributed by atoms with E-state index in [1.165, 1.54) is 0 Å². The van der Waals surface area contributed by atoms with E-state index in [-0.39, 0.29) is 5.91 Å². The summed E-state index contributed by atoms with van der Waals surface area (Å²) in [4.78, 5) is 11.7. The fourth-order valence-corrected chi connectivity index (χ4v) is 1.64. The summed E-state index contributed by atoms with van der Waals surface area (Å²) in [7, 11) is 0. The highest BCUT2D eigenvalue weighted by Crippen LogP contribution is 2.09. The Labute approximate surface area is 101 Å². The van der Waals surface area contributed by atoms with Gasteiger partial charge in [0, 0.05) is 23.0 Å². The van der Waals surface area contributed by atoms with Crippen molar-refractivity contribution in [3.05, 3.63) is 29.8 Å². The molecule has 3 N–H and O–H groups in total. The number of carbonyl (C=O) groups is 1. The molecule has 1 atom stereocenters. The van der Waals surface area contributed by atoms with Crippen molar-refractivity contribution in [2.24, 2.45) is 0 Å². The molecule has 16 heavy (non-hydrogen) atoms. The number of nitrogen functional groups attached to an aromatic ring is 1. The topological polar surface area (TPSA) is 55.1 Å². The molecule has 0 aromatic heterocycles. The fourth-order valence-electron chi connectivity index (χ4n) is 1.29. The molecule has 1 aromatic rings. The van der Waals surface area contributed by atoms with Gasteiger partial charge in [-0.1, -0.05) is 13.0 Å². The molecule has 88 valence electrons. The Kier molecular flexibility index (Phi) is 5.19. The van der Waals surface area contributed by atoms with Crippen molar-refractivity contribution in [1.29, 1.82) is 0 Å². The second kappa shape index (κ2) is 6.43. The molecule has 0 aliphatic carbocycles. The molecular weight excluding hydrogens is 220 g/mol. The summed E-state index contributed by atoms with van der Waals surface area (Å²) >= 11 is 1.80. The number of thioether (sulfide) groups is 1. The Hall–Kier alpha value is -1.16. The lowest BCUT2D eigenvalue weighted by Crippen LogP contribution is -2.26. The Morgan fingerprint density at radius 2 is 2.31 bits per heavy atom. The SMILES string of the molecule is CSC(C)CCNC(=O)c1cccc(N)c1. The van der Waals surface area contributed by atoms with E-state index in [9.17, 15) is 4.79 Å². The highest BCUT2D eigenvalue weighted by molar-refractivity contribution is 7.99. The summed E-state index contributed by atoms with van der Waals surface area (Å²) in [5.74, 6) is -0.0550. The third-order valence-corrected chi connectivity index (χ3v) is 3.43. The molecule has 0 saturated heterocycles. The van der Waals surface area contributed by atoms with E-state index in [2.05, 4.69) is 18.5 Å². The van der Waals surface area contributed by atoms with E-state index in [0.29, 0.717) is 23.0 Å². The minimum absolute atomic E-state index is 0.0550. The number of hydrogen-bond acceptors (Lipinski definition) is 3. The van der Waals surface area contributed by atoms with Crippen LogP contribution >= 0.6 is 11.8 Å². The van der Waals surface area contributed by atoms with Gasteiger partial charge >= 0.3 is 0 Å². The molecule has 0 heterocycles. The van der Waals surface area contributed by atoms with Crippen LogP contribution in [0.2, 0.25) is 0 Å². The molecule has 0 bridgehead atoms. The molecule has 0 aliphatic heterocycles. The maximum absolute atomic E-state index is 11.7. The Morgan fingerprint density at radius 3 is 2.94 bits per heavy atom. The van der Waals surface area contributed by atoms with Crippen LogP contribution < -0.4 is 11.1 Å². The minimum atomic E-state index is -0.0550. The molecule has 0 aliphatic rings. The number of rotatable bonds is 5. The minimum Gasteiger partial charge on any atom is -0.399 e. The molecule has 0 spiro atoms. The first-order valence-corrected chi connectivity index (χ1v) is 6.59. The molecule has 0 fully saturated rings. The largest absolute Gasteiger partial charge is 0.399 e. The average Bonchev–Trinajstić information content (AvgIpc) is 2.28. The lowest BCUT2D eigenvalue weighted by atomic mass is 10.2. The quantitative estimate of drug-likeness (QED) is 0.773. The molecule has 0 saturated carbocycles. The van der Waals surface area contributed by atoms with Gasteiger partial charge in [-0.05, 0) is 30.9 Å². The predicted octanol–water partition coefficient (Wildman–Crippen LogP) is 2.14. The van der Waals surface area contributed by atoms with Gasteiger partial charge in [0.2, 0.25) is 0 Å². The number of anilines is 1. The van der Waals surface area contributed by atoms with Crippen LogP contribution in [0.3, 0.4) is 0 Å². The van der Waals surface area contributed by atoms with Gasteiger partial charge in [0.15, 0.2) is 0 Å². The number of carbonyl (C=O) groups excluding carboxylic acids is 1. The molecule has 3 nitrogen and oxygen atoms in total. The van der Waals surface area contributed by atoms with Crippen molar-refractivity contribution < 1.29 is 4.79 Å². The maximum atomic E-state index is 11.7. The van der Waals surface area contributed by atoms with Crippen LogP contribution in [0.5, 0.6) is 0 Å². The zero-order chi connectivity index (χ0) is 12.0. The summed E-state index contributed by atoms with van der Waals surface area (Å²) in [6.07, 6.45) is 3.06. The lowest BCUT2D eigenvalue weighted by Gasteiger charge is -2.09. The zero-order valence-electron chi connectivity index (χ0n) is 9.69. The van der Waals surface area contributed by atoms with Crippen LogP contribution in [0.15, 0.2) is 24.3 Å². The van der Waals surface area contributed by atoms with Crippen molar-refractivity contribution in [2.45, 2.75) is 18.6 Å². The summed E-state index contributed by atoms with van der Waals surface area (Å²) < 4.78 is 0. The van der Waals surface area contributed by atoms with E-state index in [1.807, 2.05) is 0 Å². The molecule has 1 aromatic carbocycles. The van der Waals surface area contributed by atoms with E-state index in [4.69, 9.17) is 5.73 Å². The van der Waals surface area contributed by atoms with Gasteiger partial charge in [0.05, 0.1) is 0 Å². The summed E-state index contributed by atoms with van der Waals surface area (Å²) in [6.45, 7) is 2.85. The van der Waals surface area contributed by atoms with Gasteiger partial charge in [-0.2, -0.15) is 11.8 Å². The van der Waals surface area contributed by atoms with Crippen LogP contribution in [-0.2, 0) is 0 Å². The summed E-state index contributed by atoms with van der Waals surface area (Å²) in [5.41, 5.74) is 6.85. The molecule has 4 heteroatoms. The molecule has 1 amide bonds. The highest BCUT2D eigenvalue weighted by Gasteiger charge is 2.05. The zero-order valence-corrected chi connectivity index (χ0v) is 10.5. The van der Waals surface area contributed by atoms with Crippen molar-refractivity contribution in [3.63, 3.8) is 0 Å². The average molecular weight is 238 g/mol. The monoisotopic (exact) mass is 238 g/mol. The molecule has 1 rings (SSSR count).